The van der Waals surface area contributed by atoms with Gasteiger partial charge in [-0.15, -0.1) is 11.8 Å². The van der Waals surface area contributed by atoms with E-state index in [9.17, 15) is 9.59 Å². The van der Waals surface area contributed by atoms with Crippen LogP contribution in [0.25, 0.3) is 0 Å². The number of hydrogen-bond donors (Lipinski definition) is 1. The van der Waals surface area contributed by atoms with Crippen LogP contribution in [0.1, 0.15) is 45.1 Å². The van der Waals surface area contributed by atoms with Crippen LogP contribution in [0.3, 0.4) is 0 Å². The highest BCUT2D eigenvalue weighted by Crippen LogP contribution is 2.17. The third-order valence-corrected chi connectivity index (χ3v) is 6.16. The third-order valence-electron chi connectivity index (χ3n) is 4.93. The number of nitrogens with two attached hydrogens (primary N) is 1. The molecule has 0 bridgehead atoms. The van der Waals surface area contributed by atoms with Gasteiger partial charge in [0.1, 0.15) is 13.2 Å². The van der Waals surface area contributed by atoms with Crippen molar-refractivity contribution in [1.82, 2.24) is 9.88 Å². The minimum atomic E-state index is -0.377. The monoisotopic (exact) mass is 449 g/mol. The Morgan fingerprint density at radius 3 is 2.74 bits per heavy atom. The highest BCUT2D eigenvalue weighted by Gasteiger charge is 2.15. The number of carbonyl (C=O) groups excluding carboxylic acids is 2. The van der Waals surface area contributed by atoms with Crippen molar-refractivity contribution in [2.24, 2.45) is 11.7 Å². The second-order valence-corrected chi connectivity index (χ2v) is 9.25. The van der Waals surface area contributed by atoms with E-state index in [2.05, 4.69) is 9.88 Å². The van der Waals surface area contributed by atoms with Crippen LogP contribution in [0, 0.1) is 5.92 Å². The van der Waals surface area contributed by atoms with Crippen molar-refractivity contribution in [1.29, 1.82) is 0 Å². The number of rotatable bonds is 13. The molecule has 172 valence electrons. The van der Waals surface area contributed by atoms with Crippen molar-refractivity contribution in [3.8, 4) is 5.88 Å². The molecule has 1 unspecified atom stereocenters. The van der Waals surface area contributed by atoms with Crippen molar-refractivity contribution in [2.75, 3.05) is 32.1 Å². The largest absolute Gasteiger partial charge is 0.473 e. The lowest BCUT2D eigenvalue weighted by atomic mass is 10.1. The summed E-state index contributed by atoms with van der Waals surface area (Å²) in [6.45, 7) is 7.46. The lowest BCUT2D eigenvalue weighted by molar-refractivity contribution is -0.146. The van der Waals surface area contributed by atoms with Gasteiger partial charge in [0.2, 0.25) is 11.8 Å². The number of carbonyl (C=O) groups is 2. The van der Waals surface area contributed by atoms with Crippen LogP contribution in [0.4, 0.5) is 0 Å². The fraction of sp³-hybridized carbons (Fsp3) is 0.609. The number of likely N-dealkylation sites (tertiary alicyclic amines) is 1. The molecular formula is C23H35N3O4S. The van der Waals surface area contributed by atoms with Crippen LogP contribution in [-0.4, -0.2) is 59.1 Å². The van der Waals surface area contributed by atoms with E-state index in [1.54, 1.807) is 20.0 Å². The van der Waals surface area contributed by atoms with Gasteiger partial charge in [-0.3, -0.25) is 14.5 Å². The van der Waals surface area contributed by atoms with Gasteiger partial charge < -0.3 is 15.2 Å². The number of aromatic nitrogens is 1. The molecule has 1 aromatic heterocycles. The maximum Gasteiger partial charge on any atom is 0.308 e. The molecule has 0 aliphatic carbocycles. The molecule has 1 aliphatic heterocycles. The zero-order valence-electron chi connectivity index (χ0n) is 18.6. The van der Waals surface area contributed by atoms with Crippen LogP contribution in [0.5, 0.6) is 5.88 Å². The highest BCUT2D eigenvalue weighted by atomic mass is 32.2. The molecule has 1 aromatic rings. The zero-order valence-corrected chi connectivity index (χ0v) is 19.4. The summed E-state index contributed by atoms with van der Waals surface area (Å²) < 4.78 is 10.9. The lowest BCUT2D eigenvalue weighted by Crippen LogP contribution is -2.29. The summed E-state index contributed by atoms with van der Waals surface area (Å²) in [5.74, 6) is 0.371. The first kappa shape index (κ1) is 25.2. The smallest absolute Gasteiger partial charge is 0.308 e. The molecule has 1 fully saturated rings. The van der Waals surface area contributed by atoms with Crippen molar-refractivity contribution in [3.05, 3.63) is 36.0 Å². The summed E-state index contributed by atoms with van der Waals surface area (Å²) >= 11 is 1.40. The second kappa shape index (κ2) is 14.1. The van der Waals surface area contributed by atoms with Gasteiger partial charge in [-0.1, -0.05) is 32.4 Å². The molecule has 2 heterocycles. The third kappa shape index (κ3) is 10.2. The number of pyridine rings is 1. The average molecular weight is 450 g/mol. The normalized spacial score (nSPS) is 15.8. The molecule has 2 rings (SSSR count). The topological polar surface area (TPSA) is 94.8 Å². The number of amides is 1. The van der Waals surface area contributed by atoms with Gasteiger partial charge >= 0.3 is 5.97 Å². The Hall–Kier alpha value is -2.06. The number of allylic oxidation sites excluding steroid dienone is 1. The lowest BCUT2D eigenvalue weighted by Gasteiger charge is -2.26. The number of hydrogen-bond acceptors (Lipinski definition) is 7. The second-order valence-electron chi connectivity index (χ2n) is 7.94. The van der Waals surface area contributed by atoms with E-state index in [0.29, 0.717) is 24.7 Å². The molecule has 1 atom stereocenters. The Kier molecular flexibility index (Phi) is 11.5. The number of piperidine rings is 1. The number of nitrogens with zero attached hydrogens (tertiary/aromatic N) is 2. The van der Waals surface area contributed by atoms with E-state index in [1.807, 2.05) is 24.3 Å². The summed E-state index contributed by atoms with van der Waals surface area (Å²) in [5.41, 5.74) is 6.69. The van der Waals surface area contributed by atoms with E-state index < -0.39 is 0 Å². The van der Waals surface area contributed by atoms with Crippen LogP contribution in [0.15, 0.2) is 30.5 Å². The van der Waals surface area contributed by atoms with Crippen molar-refractivity contribution in [3.63, 3.8) is 0 Å². The Morgan fingerprint density at radius 1 is 1.26 bits per heavy atom. The van der Waals surface area contributed by atoms with Gasteiger partial charge in [-0.05, 0) is 44.0 Å². The Labute approximate surface area is 189 Å². The first-order valence-electron chi connectivity index (χ1n) is 11.0. The van der Waals surface area contributed by atoms with Gasteiger partial charge in [0, 0.05) is 24.6 Å². The molecule has 1 aliphatic rings. The summed E-state index contributed by atoms with van der Waals surface area (Å²) in [7, 11) is 0. The molecule has 0 spiro atoms. The zero-order chi connectivity index (χ0) is 22.5. The fourth-order valence-corrected chi connectivity index (χ4v) is 4.07. The number of esters is 1. The van der Waals surface area contributed by atoms with E-state index >= 15 is 0 Å². The fourth-order valence-electron chi connectivity index (χ4n) is 3.19. The molecule has 8 heteroatoms. The van der Waals surface area contributed by atoms with Crippen LogP contribution in [-0.2, 0) is 20.9 Å². The molecule has 1 amide bonds. The maximum absolute atomic E-state index is 11.6. The number of primary amides is 1. The predicted molar refractivity (Wildman–Crippen MR) is 124 cm³/mol. The Bertz CT molecular complexity index is 721. The molecule has 0 aromatic carbocycles. The summed E-state index contributed by atoms with van der Waals surface area (Å²) in [5, 5.41) is -0.361. The van der Waals surface area contributed by atoms with Gasteiger partial charge in [0.25, 0.3) is 0 Å². The SMILES string of the molecule is CC(C)C(=O)OCCSC(CC=CCOc1cc(CN2CCCCC2)ccn1)C(N)=O. The standard InChI is InChI=1S/C23H35N3O4S/c1-18(2)23(28)30-14-15-31-20(22(24)27)8-4-7-13-29-21-16-19(9-10-25-21)17-26-11-5-3-6-12-26/h4,7,9-10,16,18,20H,3,5-6,8,11-15,17H2,1-2H3,(H2,24,27). The first-order chi connectivity index (χ1) is 15.0. The predicted octanol–water partition coefficient (Wildman–Crippen LogP) is 3.18. The molecule has 0 saturated carbocycles. The van der Waals surface area contributed by atoms with Crippen LogP contribution < -0.4 is 10.5 Å². The number of thioether (sulfide) groups is 1. The first-order valence-corrected chi connectivity index (χ1v) is 12.0. The van der Waals surface area contributed by atoms with Crippen LogP contribution >= 0.6 is 11.8 Å². The Morgan fingerprint density at radius 2 is 2.03 bits per heavy atom. The van der Waals surface area contributed by atoms with Gasteiger partial charge in [0.15, 0.2) is 0 Å². The molecule has 31 heavy (non-hydrogen) atoms. The van der Waals surface area contributed by atoms with E-state index in [0.717, 1.165) is 19.6 Å². The molecule has 1 saturated heterocycles. The minimum Gasteiger partial charge on any atom is -0.473 e. The number of ether oxygens (including phenoxy) is 2. The van der Waals surface area contributed by atoms with Crippen molar-refractivity contribution in [2.45, 2.75) is 51.3 Å². The van der Waals surface area contributed by atoms with Crippen molar-refractivity contribution < 1.29 is 19.1 Å². The minimum absolute atomic E-state index is 0.153. The average Bonchev–Trinajstić information content (AvgIpc) is 2.75. The van der Waals surface area contributed by atoms with E-state index in [4.69, 9.17) is 15.2 Å². The molecule has 7 nitrogen and oxygen atoms in total. The van der Waals surface area contributed by atoms with Crippen molar-refractivity contribution >= 4 is 23.6 Å². The van der Waals surface area contributed by atoms with Gasteiger partial charge in [-0.25, -0.2) is 4.98 Å². The highest BCUT2D eigenvalue weighted by molar-refractivity contribution is 8.00. The summed E-state index contributed by atoms with van der Waals surface area (Å²) in [6.07, 6.45) is 9.91. The molecule has 0 radical (unpaired) electrons. The maximum atomic E-state index is 11.6. The Balaban J connectivity index is 1.69. The summed E-state index contributed by atoms with van der Waals surface area (Å²) in [4.78, 5) is 29.8. The molecular weight excluding hydrogens is 414 g/mol. The molecule has 2 N–H and O–H groups in total. The van der Waals surface area contributed by atoms with E-state index in [-0.39, 0.29) is 29.7 Å². The van der Waals surface area contributed by atoms with Crippen LogP contribution in [0.2, 0.25) is 0 Å². The van der Waals surface area contributed by atoms with E-state index in [1.165, 1.54) is 36.6 Å². The van der Waals surface area contributed by atoms with Gasteiger partial charge in [0.05, 0.1) is 11.2 Å². The summed E-state index contributed by atoms with van der Waals surface area (Å²) in [6, 6.07) is 4.02. The quantitative estimate of drug-likeness (QED) is 0.281. The van der Waals surface area contributed by atoms with Gasteiger partial charge in [-0.2, -0.15) is 0 Å².